The lowest BCUT2D eigenvalue weighted by molar-refractivity contribution is -0.192. The van der Waals surface area contributed by atoms with E-state index in [0.29, 0.717) is 6.04 Å². The summed E-state index contributed by atoms with van der Waals surface area (Å²) < 4.78 is 37.1. The van der Waals surface area contributed by atoms with Gasteiger partial charge in [-0.05, 0) is 37.1 Å². The molecule has 0 spiro atoms. The summed E-state index contributed by atoms with van der Waals surface area (Å²) in [5.41, 5.74) is 2.24. The number of piperidine rings is 1. The number of hydrogen-bond donors (Lipinski definition) is 2. The second-order valence-corrected chi connectivity index (χ2v) is 6.52. The first-order valence-corrected chi connectivity index (χ1v) is 9.11. The van der Waals surface area contributed by atoms with Crippen LogP contribution >= 0.6 is 0 Å². The number of alkyl halides is 3. The van der Waals surface area contributed by atoms with Crippen LogP contribution < -0.4 is 10.1 Å². The van der Waals surface area contributed by atoms with Gasteiger partial charge in [-0.2, -0.15) is 13.2 Å². The van der Waals surface area contributed by atoms with Gasteiger partial charge in [-0.25, -0.2) is 4.79 Å². The second kappa shape index (κ2) is 10.7. The number of nitrogens with one attached hydrogen (secondary N) is 1. The molecule has 2 heterocycles. The van der Waals surface area contributed by atoms with E-state index in [1.54, 1.807) is 7.11 Å². The highest BCUT2D eigenvalue weighted by Crippen LogP contribution is 2.26. The highest BCUT2D eigenvalue weighted by Gasteiger charge is 2.38. The minimum absolute atomic E-state index is 0.510. The fourth-order valence-corrected chi connectivity index (χ4v) is 2.94. The van der Waals surface area contributed by atoms with Gasteiger partial charge in [-0.15, -0.1) is 0 Å². The van der Waals surface area contributed by atoms with Crippen molar-refractivity contribution in [2.75, 3.05) is 25.5 Å². The van der Waals surface area contributed by atoms with E-state index in [9.17, 15) is 13.2 Å². The number of ether oxygens (including phenoxy) is 1. The molecule has 1 fully saturated rings. The lowest BCUT2D eigenvalue weighted by atomic mass is 10.0. The minimum Gasteiger partial charge on any atom is -0.495 e. The van der Waals surface area contributed by atoms with Crippen molar-refractivity contribution in [3.05, 3.63) is 54.4 Å². The molecular formula is C20H24F3N3O3. The van der Waals surface area contributed by atoms with Crippen molar-refractivity contribution in [1.29, 1.82) is 0 Å². The lowest BCUT2D eigenvalue weighted by Crippen LogP contribution is -2.38. The Bertz CT molecular complexity index is 764. The zero-order valence-corrected chi connectivity index (χ0v) is 16.0. The summed E-state index contributed by atoms with van der Waals surface area (Å²) in [7, 11) is 1.72. The third kappa shape index (κ3) is 7.61. The summed E-state index contributed by atoms with van der Waals surface area (Å²) >= 11 is 0. The molecule has 0 atom stereocenters. The van der Waals surface area contributed by atoms with Crippen molar-refractivity contribution in [2.24, 2.45) is 0 Å². The molecule has 1 aliphatic heterocycles. The Morgan fingerprint density at radius 3 is 2.38 bits per heavy atom. The zero-order valence-electron chi connectivity index (χ0n) is 16.0. The van der Waals surface area contributed by atoms with Crippen molar-refractivity contribution in [1.82, 2.24) is 9.88 Å². The number of carboxylic acids is 1. The lowest BCUT2D eigenvalue weighted by Gasteiger charge is -2.32. The summed E-state index contributed by atoms with van der Waals surface area (Å²) in [6, 6.07) is 14.7. The van der Waals surface area contributed by atoms with Crippen molar-refractivity contribution < 1.29 is 27.8 Å². The van der Waals surface area contributed by atoms with Crippen molar-refractivity contribution >= 4 is 11.7 Å². The number of hydrogen-bond acceptors (Lipinski definition) is 5. The Labute approximate surface area is 167 Å². The molecule has 6 nitrogen and oxygen atoms in total. The molecule has 2 N–H and O–H groups in total. The fourth-order valence-electron chi connectivity index (χ4n) is 2.94. The smallest absolute Gasteiger partial charge is 0.490 e. The SMILES string of the molecule is COc1ccccc1NC1CCN(Cc2ccccn2)CC1.O=C(O)C(F)(F)F. The third-order valence-corrected chi connectivity index (χ3v) is 4.41. The summed E-state index contributed by atoms with van der Waals surface area (Å²) in [6.07, 6.45) is -0.929. The monoisotopic (exact) mass is 411 g/mol. The summed E-state index contributed by atoms with van der Waals surface area (Å²) in [5.74, 6) is -1.84. The predicted molar refractivity (Wildman–Crippen MR) is 103 cm³/mol. The third-order valence-electron chi connectivity index (χ3n) is 4.41. The quantitative estimate of drug-likeness (QED) is 0.780. The molecule has 158 valence electrons. The van der Waals surface area contributed by atoms with Gasteiger partial charge in [0.25, 0.3) is 0 Å². The average molecular weight is 411 g/mol. The van der Waals surface area contributed by atoms with Crippen LogP contribution in [0, 0.1) is 0 Å². The van der Waals surface area contributed by atoms with Gasteiger partial charge >= 0.3 is 12.1 Å². The van der Waals surface area contributed by atoms with E-state index in [2.05, 4.69) is 33.4 Å². The van der Waals surface area contributed by atoms with E-state index in [1.165, 1.54) is 0 Å². The van der Waals surface area contributed by atoms with Gasteiger partial charge in [0.1, 0.15) is 5.75 Å². The van der Waals surface area contributed by atoms with Crippen LogP contribution in [0.3, 0.4) is 0 Å². The van der Waals surface area contributed by atoms with E-state index < -0.39 is 12.1 Å². The number of carboxylic acid groups (broad SMARTS) is 1. The van der Waals surface area contributed by atoms with Gasteiger partial charge in [-0.1, -0.05) is 18.2 Å². The van der Waals surface area contributed by atoms with E-state index in [-0.39, 0.29) is 0 Å². The molecule has 0 amide bonds. The van der Waals surface area contributed by atoms with Crippen LogP contribution in [0.5, 0.6) is 5.75 Å². The molecule has 29 heavy (non-hydrogen) atoms. The zero-order chi connectivity index (χ0) is 21.3. The summed E-state index contributed by atoms with van der Waals surface area (Å²) in [4.78, 5) is 15.8. The number of nitrogens with zero attached hydrogens (tertiary/aromatic N) is 2. The number of anilines is 1. The molecule has 0 bridgehead atoms. The van der Waals surface area contributed by atoms with E-state index in [0.717, 1.165) is 49.6 Å². The number of para-hydroxylation sites is 2. The van der Waals surface area contributed by atoms with Crippen LogP contribution in [-0.4, -0.2) is 53.4 Å². The Morgan fingerprint density at radius 2 is 1.83 bits per heavy atom. The summed E-state index contributed by atoms with van der Waals surface area (Å²) in [5, 5.41) is 10.7. The highest BCUT2D eigenvalue weighted by atomic mass is 19.4. The maximum absolute atomic E-state index is 10.6. The van der Waals surface area contributed by atoms with Crippen LogP contribution in [0.1, 0.15) is 18.5 Å². The number of likely N-dealkylation sites (tertiary alicyclic amines) is 1. The number of carbonyl (C=O) groups is 1. The van der Waals surface area contributed by atoms with Crippen LogP contribution in [0.15, 0.2) is 48.7 Å². The average Bonchev–Trinajstić information content (AvgIpc) is 2.70. The molecule has 9 heteroatoms. The molecule has 0 radical (unpaired) electrons. The second-order valence-electron chi connectivity index (χ2n) is 6.52. The number of aromatic nitrogens is 1. The van der Waals surface area contributed by atoms with Crippen LogP contribution in [0.2, 0.25) is 0 Å². The van der Waals surface area contributed by atoms with Gasteiger partial charge in [0.2, 0.25) is 0 Å². The molecule has 3 rings (SSSR count). The molecule has 1 saturated heterocycles. The topological polar surface area (TPSA) is 74.7 Å². The molecule has 1 aromatic heterocycles. The number of benzene rings is 1. The molecule has 0 aliphatic carbocycles. The number of pyridine rings is 1. The van der Waals surface area contributed by atoms with E-state index in [4.69, 9.17) is 14.6 Å². The van der Waals surface area contributed by atoms with Crippen LogP contribution in [-0.2, 0) is 11.3 Å². The van der Waals surface area contributed by atoms with Crippen molar-refractivity contribution in [2.45, 2.75) is 31.6 Å². The molecule has 2 aromatic rings. The van der Waals surface area contributed by atoms with Crippen molar-refractivity contribution in [3.8, 4) is 5.75 Å². The first-order chi connectivity index (χ1) is 13.8. The number of aliphatic carboxylic acids is 1. The van der Waals surface area contributed by atoms with Gasteiger partial charge in [0.15, 0.2) is 0 Å². The molecule has 1 aromatic carbocycles. The Kier molecular flexibility index (Phi) is 8.26. The minimum atomic E-state index is -5.08. The molecule has 1 aliphatic rings. The van der Waals surface area contributed by atoms with Gasteiger partial charge < -0.3 is 15.2 Å². The van der Waals surface area contributed by atoms with Crippen LogP contribution in [0.4, 0.5) is 18.9 Å². The molecule has 0 saturated carbocycles. The normalized spacial score (nSPS) is 15.2. The first-order valence-electron chi connectivity index (χ1n) is 9.11. The Balaban J connectivity index is 0.000000370. The standard InChI is InChI=1S/C18H23N3O.C2HF3O2/c1-22-18-8-3-2-7-17(18)20-15-9-12-21(13-10-15)14-16-6-4-5-11-19-16;3-2(4,5)1(6)7/h2-8,11,15,20H,9-10,12-14H2,1H3;(H,6,7). The van der Waals surface area contributed by atoms with E-state index >= 15 is 0 Å². The van der Waals surface area contributed by atoms with Crippen LogP contribution in [0.25, 0.3) is 0 Å². The van der Waals surface area contributed by atoms with Gasteiger partial charge in [-0.3, -0.25) is 9.88 Å². The predicted octanol–water partition coefficient (Wildman–Crippen LogP) is 3.80. The molecular weight excluding hydrogens is 387 g/mol. The fraction of sp³-hybridized carbons (Fsp3) is 0.400. The van der Waals surface area contributed by atoms with Gasteiger partial charge in [0, 0.05) is 31.9 Å². The Hall–Kier alpha value is -2.81. The maximum atomic E-state index is 10.6. The number of methoxy groups -OCH3 is 1. The molecule has 0 unspecified atom stereocenters. The number of halogens is 3. The van der Waals surface area contributed by atoms with E-state index in [1.807, 2.05) is 30.5 Å². The van der Waals surface area contributed by atoms with Gasteiger partial charge in [0.05, 0.1) is 18.5 Å². The van der Waals surface area contributed by atoms with Crippen molar-refractivity contribution in [3.63, 3.8) is 0 Å². The first kappa shape index (κ1) is 22.5. The highest BCUT2D eigenvalue weighted by molar-refractivity contribution is 5.73. The number of rotatable bonds is 5. The largest absolute Gasteiger partial charge is 0.495 e. The Morgan fingerprint density at radius 1 is 1.21 bits per heavy atom. The maximum Gasteiger partial charge on any atom is 0.490 e. The summed E-state index contributed by atoms with van der Waals surface area (Å²) in [6.45, 7) is 3.15.